The highest BCUT2D eigenvalue weighted by molar-refractivity contribution is 5.72. The largest absolute Gasteiger partial charge is 0.460 e. The predicted molar refractivity (Wildman–Crippen MR) is 226 cm³/mol. The highest BCUT2D eigenvalue weighted by atomic mass is 16.5. The zero-order chi connectivity index (χ0) is 43.3. The van der Waals surface area contributed by atoms with Crippen molar-refractivity contribution < 1.29 is 37.8 Å². The lowest BCUT2D eigenvalue weighted by Crippen LogP contribution is -2.67. The molecule has 0 spiro atoms. The lowest BCUT2D eigenvalue weighted by atomic mass is 9.32. The quantitative estimate of drug-likeness (QED) is 0.110. The third kappa shape index (κ3) is 7.92. The maximum atomic E-state index is 13.5. The van der Waals surface area contributed by atoms with Crippen LogP contribution in [-0.2, 0) is 45.2 Å². The number of pyridine rings is 2. The van der Waals surface area contributed by atoms with Crippen LogP contribution >= 0.6 is 0 Å². The van der Waals surface area contributed by atoms with E-state index in [0.717, 1.165) is 62.5 Å². The van der Waals surface area contributed by atoms with Gasteiger partial charge in [-0.2, -0.15) is 9.13 Å². The monoisotopic (exact) mass is 827 g/mol. The van der Waals surface area contributed by atoms with Crippen molar-refractivity contribution in [1.29, 1.82) is 0 Å². The zero-order valence-electron chi connectivity index (χ0n) is 36.9. The number of urea groups is 2. The topological polar surface area (TPSA) is 171 Å². The van der Waals surface area contributed by atoms with Gasteiger partial charge in [0.15, 0.2) is 24.8 Å². The van der Waals surface area contributed by atoms with Gasteiger partial charge in [0.2, 0.25) is 13.1 Å². The number of carbonyl (C=O) groups is 4. The fourth-order valence-electron chi connectivity index (χ4n) is 14.4. The van der Waals surface area contributed by atoms with Crippen LogP contribution in [0, 0.1) is 56.7 Å². The van der Waals surface area contributed by atoms with Crippen molar-refractivity contribution in [3.8, 4) is 0 Å². The SMILES string of the molecule is C=C(C)[C@@H]1CCC2(COC(=O)C[n+]3cccc(CNC(N)=O)c3)CC[C@]3(C)C(CCC4[C@@]5(C)CC[C@H](OC(=O)C[n+]6cccc(CNC(N)=O)c6)C(C)(C)C5CC[C@]43C)C12. The number of esters is 2. The number of amides is 4. The Balaban J connectivity index is 1.04. The van der Waals surface area contributed by atoms with Gasteiger partial charge in [0, 0.05) is 34.1 Å². The molecule has 6 N–H and O–H groups in total. The molecule has 2 aromatic heterocycles. The second-order valence-electron chi connectivity index (χ2n) is 20.8. The molecule has 0 radical (unpaired) electrons. The van der Waals surface area contributed by atoms with Crippen LogP contribution in [0.5, 0.6) is 0 Å². The second kappa shape index (κ2) is 16.4. The lowest BCUT2D eigenvalue weighted by Gasteiger charge is -2.73. The summed E-state index contributed by atoms with van der Waals surface area (Å²) in [4.78, 5) is 49.4. The second-order valence-corrected chi connectivity index (χ2v) is 20.8. The number of primary amides is 2. The van der Waals surface area contributed by atoms with Gasteiger partial charge in [-0.25, -0.2) is 19.2 Å². The van der Waals surface area contributed by atoms with E-state index in [0.29, 0.717) is 49.3 Å². The van der Waals surface area contributed by atoms with Crippen LogP contribution in [0.4, 0.5) is 9.59 Å². The Morgan fingerprint density at radius 1 is 0.750 bits per heavy atom. The summed E-state index contributed by atoms with van der Waals surface area (Å²) in [5, 5.41) is 5.22. The summed E-state index contributed by atoms with van der Waals surface area (Å²) in [6, 6.07) is 6.33. The summed E-state index contributed by atoms with van der Waals surface area (Å²) in [5.41, 5.74) is 13.7. The van der Waals surface area contributed by atoms with Gasteiger partial charge in [-0.05, 0) is 129 Å². The van der Waals surface area contributed by atoms with Crippen molar-refractivity contribution >= 4 is 24.0 Å². The van der Waals surface area contributed by atoms with Crippen LogP contribution < -0.4 is 31.2 Å². The Bertz CT molecular complexity index is 2000. The van der Waals surface area contributed by atoms with Crippen molar-refractivity contribution in [1.82, 2.24) is 10.6 Å². The molecular weight excluding hydrogens is 757 g/mol. The number of fused-ring (bicyclic) bond motifs is 7. The molecular formula is C48H70N6O6+2. The summed E-state index contributed by atoms with van der Waals surface area (Å²) in [6.07, 6.45) is 18.1. The van der Waals surface area contributed by atoms with E-state index in [-0.39, 0.29) is 58.2 Å². The number of hydrogen-bond donors (Lipinski definition) is 4. The molecule has 0 aliphatic heterocycles. The van der Waals surface area contributed by atoms with E-state index < -0.39 is 12.1 Å². The minimum Gasteiger partial charge on any atom is -0.460 e. The van der Waals surface area contributed by atoms with Crippen LogP contribution in [0.15, 0.2) is 61.2 Å². The van der Waals surface area contributed by atoms with Gasteiger partial charge in [-0.3, -0.25) is 0 Å². The number of carbonyl (C=O) groups excluding carboxylic acids is 4. The Kier molecular flexibility index (Phi) is 11.9. The Labute approximate surface area is 356 Å². The molecule has 4 amide bonds. The highest BCUT2D eigenvalue weighted by Crippen LogP contribution is 2.77. The Hall–Kier alpha value is -4.48. The fourth-order valence-corrected chi connectivity index (χ4v) is 14.4. The van der Waals surface area contributed by atoms with Crippen LogP contribution in [-0.4, -0.2) is 36.7 Å². The number of nitrogens with one attached hydrogen (secondary N) is 2. The van der Waals surface area contributed by atoms with E-state index in [1.165, 1.54) is 18.4 Å². The highest BCUT2D eigenvalue weighted by Gasteiger charge is 2.71. The van der Waals surface area contributed by atoms with Gasteiger partial charge in [0.1, 0.15) is 6.10 Å². The fraction of sp³-hybridized carbons (Fsp3) is 0.667. The lowest BCUT2D eigenvalue weighted by molar-refractivity contribution is -0.686. The first-order valence-electron chi connectivity index (χ1n) is 22.3. The average molecular weight is 827 g/mol. The minimum atomic E-state index is -0.586. The van der Waals surface area contributed by atoms with E-state index in [2.05, 4.69) is 58.8 Å². The van der Waals surface area contributed by atoms with Crippen LogP contribution in [0.3, 0.4) is 0 Å². The Morgan fingerprint density at radius 3 is 1.97 bits per heavy atom. The van der Waals surface area contributed by atoms with Gasteiger partial charge < -0.3 is 31.6 Å². The molecule has 326 valence electrons. The van der Waals surface area contributed by atoms with Gasteiger partial charge in [-0.1, -0.05) is 46.8 Å². The normalized spacial score (nSPS) is 35.0. The van der Waals surface area contributed by atoms with E-state index in [1.54, 1.807) is 0 Å². The average Bonchev–Trinajstić information content (AvgIpc) is 3.57. The third-order valence-corrected chi connectivity index (χ3v) is 17.4. The van der Waals surface area contributed by atoms with E-state index in [4.69, 9.17) is 20.9 Å². The number of rotatable bonds is 12. The number of aromatic nitrogens is 2. The summed E-state index contributed by atoms with van der Waals surface area (Å²) >= 11 is 0. The number of allylic oxidation sites excluding steroid dienone is 1. The number of nitrogens with two attached hydrogens (primary N) is 2. The molecule has 5 saturated carbocycles. The van der Waals surface area contributed by atoms with Crippen LogP contribution in [0.25, 0.3) is 0 Å². The van der Waals surface area contributed by atoms with Gasteiger partial charge >= 0.3 is 24.0 Å². The third-order valence-electron chi connectivity index (χ3n) is 17.4. The van der Waals surface area contributed by atoms with Gasteiger partial charge in [0.25, 0.3) is 0 Å². The molecule has 0 bridgehead atoms. The molecule has 10 atom stereocenters. The van der Waals surface area contributed by atoms with Crippen molar-refractivity contribution in [2.75, 3.05) is 6.61 Å². The molecule has 0 saturated heterocycles. The zero-order valence-corrected chi connectivity index (χ0v) is 36.9. The summed E-state index contributed by atoms with van der Waals surface area (Å²) in [6.45, 7) is 20.5. The summed E-state index contributed by atoms with van der Waals surface area (Å²) in [5.74, 6) is 1.87. The maximum Gasteiger partial charge on any atom is 0.372 e. The van der Waals surface area contributed by atoms with E-state index in [1.807, 2.05) is 58.2 Å². The molecule has 12 nitrogen and oxygen atoms in total. The van der Waals surface area contributed by atoms with Gasteiger partial charge in [-0.15, -0.1) is 0 Å². The summed E-state index contributed by atoms with van der Waals surface area (Å²) < 4.78 is 16.3. The molecule has 5 aliphatic carbocycles. The molecule has 12 heteroatoms. The molecule has 5 unspecified atom stereocenters. The van der Waals surface area contributed by atoms with Crippen molar-refractivity contribution in [2.24, 2.45) is 68.1 Å². The van der Waals surface area contributed by atoms with E-state index >= 15 is 0 Å². The molecule has 0 aromatic carbocycles. The molecule has 5 fully saturated rings. The Morgan fingerprint density at radius 2 is 1.37 bits per heavy atom. The van der Waals surface area contributed by atoms with Gasteiger partial charge in [0.05, 0.1) is 19.7 Å². The van der Waals surface area contributed by atoms with Crippen LogP contribution in [0.2, 0.25) is 0 Å². The summed E-state index contributed by atoms with van der Waals surface area (Å²) in [7, 11) is 0. The van der Waals surface area contributed by atoms with Crippen molar-refractivity contribution in [3.63, 3.8) is 0 Å². The first-order valence-corrected chi connectivity index (χ1v) is 22.3. The van der Waals surface area contributed by atoms with E-state index in [9.17, 15) is 19.2 Å². The molecule has 60 heavy (non-hydrogen) atoms. The van der Waals surface area contributed by atoms with Crippen molar-refractivity contribution in [2.45, 2.75) is 138 Å². The molecule has 2 aromatic rings. The van der Waals surface area contributed by atoms with Crippen LogP contribution in [0.1, 0.15) is 117 Å². The predicted octanol–water partition coefficient (Wildman–Crippen LogP) is 6.41. The smallest absolute Gasteiger partial charge is 0.372 e. The number of nitrogens with zero attached hydrogens (tertiary/aromatic N) is 2. The standard InChI is InChI=1S/C48H68N6O6/c1-31(2)34-14-19-48(30-59-39(55)28-53-22-8-10-32(26-53)24-51-42(49)57)21-20-46(6)35(41(34)48)12-13-37-45(5)17-16-38(44(3,4)36(45)15-18-47(37,46)7)60-40(56)29-54-23-9-11-33(27-54)25-52-43(50)58/h8-11,22-23,26-27,34-38,41H,1,12-21,24-25,28-30H2,2-7H3,(H4-2,49,50,51,52,57,58)/p+2/t34-,35?,36?,37?,38-,41?,45-,46+,47+,48?/m0/s1. The first kappa shape index (κ1) is 43.6. The van der Waals surface area contributed by atoms with Crippen molar-refractivity contribution in [3.05, 3.63) is 72.3 Å². The number of hydrogen-bond acceptors (Lipinski definition) is 6. The molecule has 7 rings (SSSR count). The minimum absolute atomic E-state index is 0.0599. The molecule has 5 aliphatic rings. The maximum absolute atomic E-state index is 13.5. The number of ether oxygens (including phenoxy) is 2. The first-order chi connectivity index (χ1) is 28.3. The molecule has 2 heterocycles.